The van der Waals surface area contributed by atoms with Crippen LogP contribution in [0.1, 0.15) is 54.4 Å². The van der Waals surface area contributed by atoms with Gasteiger partial charge in [-0.15, -0.1) is 0 Å². The molecular formula is C14H25NO4. The van der Waals surface area contributed by atoms with Crippen molar-refractivity contribution < 1.29 is 19.4 Å². The molecule has 0 aromatic rings. The van der Waals surface area contributed by atoms with Gasteiger partial charge in [0, 0.05) is 11.5 Å². The Labute approximate surface area is 114 Å². The maximum Gasteiger partial charge on any atom is 0.404 e. The molecule has 0 spiro atoms. The molecular weight excluding hydrogens is 246 g/mol. The highest BCUT2D eigenvalue weighted by Crippen LogP contribution is 2.53. The minimum absolute atomic E-state index is 0.234. The van der Waals surface area contributed by atoms with E-state index in [0.717, 1.165) is 0 Å². The monoisotopic (exact) mass is 271 g/mol. The quantitative estimate of drug-likeness (QED) is 0.757. The molecule has 1 aliphatic rings. The fraction of sp³-hybridized carbons (Fsp3) is 0.857. The van der Waals surface area contributed by atoms with Gasteiger partial charge in [0.1, 0.15) is 5.60 Å². The minimum Gasteiger partial charge on any atom is -0.465 e. The van der Waals surface area contributed by atoms with E-state index in [2.05, 4.69) is 5.32 Å². The second-order valence-electron chi connectivity index (χ2n) is 7.10. The lowest BCUT2D eigenvalue weighted by molar-refractivity contribution is -0.172. The van der Waals surface area contributed by atoms with Crippen LogP contribution in [0.4, 0.5) is 4.79 Å². The zero-order valence-electron chi connectivity index (χ0n) is 12.7. The van der Waals surface area contributed by atoms with Gasteiger partial charge in [-0.05, 0) is 40.5 Å². The number of carboxylic acid groups (broad SMARTS) is 1. The van der Waals surface area contributed by atoms with Crippen molar-refractivity contribution >= 4 is 12.1 Å². The first kappa shape index (κ1) is 15.8. The second kappa shape index (κ2) is 4.69. The molecule has 1 rings (SSSR count). The zero-order chi connectivity index (χ0) is 15.1. The molecule has 5 heteroatoms. The summed E-state index contributed by atoms with van der Waals surface area (Å²) in [6.45, 7) is 11.2. The highest BCUT2D eigenvalue weighted by atomic mass is 16.6. The molecule has 0 aliphatic heterocycles. The highest BCUT2D eigenvalue weighted by molar-refractivity contribution is 5.79. The van der Waals surface area contributed by atoms with E-state index < -0.39 is 22.5 Å². The summed E-state index contributed by atoms with van der Waals surface area (Å²) >= 11 is 0. The molecule has 0 bridgehead atoms. The minimum atomic E-state index is -1.05. The van der Waals surface area contributed by atoms with Crippen LogP contribution in [0, 0.1) is 10.8 Å². The molecule has 0 radical (unpaired) electrons. The predicted octanol–water partition coefficient (Wildman–Crippen LogP) is 2.79. The van der Waals surface area contributed by atoms with E-state index in [-0.39, 0.29) is 12.0 Å². The third kappa shape index (κ3) is 3.01. The van der Waals surface area contributed by atoms with Gasteiger partial charge < -0.3 is 15.2 Å². The van der Waals surface area contributed by atoms with Crippen LogP contribution in [-0.2, 0) is 9.53 Å². The van der Waals surface area contributed by atoms with E-state index in [1.54, 1.807) is 0 Å². The van der Waals surface area contributed by atoms with E-state index in [1.807, 2.05) is 41.5 Å². The number of carbonyl (C=O) groups excluding carboxylic acids is 1. The van der Waals surface area contributed by atoms with Crippen molar-refractivity contribution in [3.8, 4) is 0 Å². The molecule has 2 atom stereocenters. The van der Waals surface area contributed by atoms with Gasteiger partial charge in [0.25, 0.3) is 0 Å². The highest BCUT2D eigenvalue weighted by Gasteiger charge is 2.57. The number of amides is 1. The fourth-order valence-electron chi connectivity index (χ4n) is 2.66. The standard InChI is InChI=1S/C14H25NO4/c1-12(2,3)19-10(16)14(6)8-7-9(13(14,4)5)15-11(17)18/h9,15H,7-8H2,1-6H3,(H,17,18)/t9-,14-/m0/s1. The van der Waals surface area contributed by atoms with Gasteiger partial charge in [-0.1, -0.05) is 13.8 Å². The summed E-state index contributed by atoms with van der Waals surface area (Å²) in [5, 5.41) is 11.4. The van der Waals surface area contributed by atoms with Crippen molar-refractivity contribution in [2.24, 2.45) is 10.8 Å². The lowest BCUT2D eigenvalue weighted by atomic mass is 9.67. The van der Waals surface area contributed by atoms with Crippen LogP contribution in [0.3, 0.4) is 0 Å². The number of carbonyl (C=O) groups is 2. The van der Waals surface area contributed by atoms with Gasteiger partial charge in [0.15, 0.2) is 0 Å². The summed E-state index contributed by atoms with van der Waals surface area (Å²) in [6.07, 6.45) is 0.223. The molecule has 1 fully saturated rings. The van der Waals surface area contributed by atoms with Crippen LogP contribution in [-0.4, -0.2) is 28.8 Å². The molecule has 2 N–H and O–H groups in total. The molecule has 1 saturated carbocycles. The van der Waals surface area contributed by atoms with Crippen molar-refractivity contribution in [1.82, 2.24) is 5.32 Å². The Bertz CT molecular complexity index is 383. The van der Waals surface area contributed by atoms with Crippen molar-refractivity contribution in [2.75, 3.05) is 0 Å². The average Bonchev–Trinajstić information content (AvgIpc) is 2.39. The molecule has 0 aromatic heterocycles. The van der Waals surface area contributed by atoms with E-state index in [4.69, 9.17) is 9.84 Å². The Morgan fingerprint density at radius 2 is 1.79 bits per heavy atom. The molecule has 1 amide bonds. The van der Waals surface area contributed by atoms with Crippen LogP contribution >= 0.6 is 0 Å². The smallest absolute Gasteiger partial charge is 0.404 e. The summed E-state index contributed by atoms with van der Waals surface area (Å²) in [6, 6.07) is -0.234. The van der Waals surface area contributed by atoms with Crippen LogP contribution in [0.5, 0.6) is 0 Å². The van der Waals surface area contributed by atoms with Gasteiger partial charge in [-0.3, -0.25) is 4.79 Å². The van der Waals surface area contributed by atoms with Crippen molar-refractivity contribution in [3.63, 3.8) is 0 Å². The third-order valence-corrected chi connectivity index (χ3v) is 4.37. The van der Waals surface area contributed by atoms with Crippen LogP contribution in [0.25, 0.3) is 0 Å². The summed E-state index contributed by atoms with van der Waals surface area (Å²) < 4.78 is 5.50. The number of hydrogen-bond acceptors (Lipinski definition) is 3. The predicted molar refractivity (Wildman–Crippen MR) is 71.9 cm³/mol. The molecule has 0 unspecified atom stereocenters. The van der Waals surface area contributed by atoms with Crippen molar-refractivity contribution in [1.29, 1.82) is 0 Å². The van der Waals surface area contributed by atoms with Crippen LogP contribution in [0.2, 0.25) is 0 Å². The lowest BCUT2D eigenvalue weighted by Crippen LogP contribution is -2.50. The van der Waals surface area contributed by atoms with E-state index in [0.29, 0.717) is 12.8 Å². The topological polar surface area (TPSA) is 75.6 Å². The second-order valence-corrected chi connectivity index (χ2v) is 7.10. The van der Waals surface area contributed by atoms with Crippen LogP contribution < -0.4 is 5.32 Å². The Hall–Kier alpha value is -1.26. The molecule has 0 saturated heterocycles. The van der Waals surface area contributed by atoms with Gasteiger partial charge in [-0.25, -0.2) is 4.79 Å². The summed E-state index contributed by atoms with van der Waals surface area (Å²) in [4.78, 5) is 23.3. The number of hydrogen-bond donors (Lipinski definition) is 2. The summed E-state index contributed by atoms with van der Waals surface area (Å²) in [5.41, 5.74) is -1.68. The number of rotatable bonds is 2. The van der Waals surface area contributed by atoms with E-state index >= 15 is 0 Å². The van der Waals surface area contributed by atoms with Gasteiger partial charge >= 0.3 is 12.1 Å². The van der Waals surface area contributed by atoms with E-state index in [9.17, 15) is 9.59 Å². The number of ether oxygens (including phenoxy) is 1. The normalized spacial score (nSPS) is 29.9. The Morgan fingerprint density at radius 1 is 1.26 bits per heavy atom. The lowest BCUT2D eigenvalue weighted by Gasteiger charge is -2.40. The first-order valence-electron chi connectivity index (χ1n) is 6.63. The van der Waals surface area contributed by atoms with Gasteiger partial charge in [0.05, 0.1) is 5.41 Å². The molecule has 110 valence electrons. The largest absolute Gasteiger partial charge is 0.465 e. The third-order valence-electron chi connectivity index (χ3n) is 4.37. The van der Waals surface area contributed by atoms with Crippen molar-refractivity contribution in [3.05, 3.63) is 0 Å². The van der Waals surface area contributed by atoms with Crippen molar-refractivity contribution in [2.45, 2.75) is 66.0 Å². The maximum absolute atomic E-state index is 12.4. The summed E-state index contributed by atoms with van der Waals surface area (Å²) in [5.74, 6) is -0.250. The maximum atomic E-state index is 12.4. The fourth-order valence-corrected chi connectivity index (χ4v) is 2.66. The van der Waals surface area contributed by atoms with Gasteiger partial charge in [0.2, 0.25) is 0 Å². The zero-order valence-corrected chi connectivity index (χ0v) is 12.7. The first-order chi connectivity index (χ1) is 8.40. The SMILES string of the molecule is CC(C)(C)OC(=O)[C@]1(C)CC[C@H](NC(=O)O)C1(C)C. The first-order valence-corrected chi connectivity index (χ1v) is 6.63. The summed E-state index contributed by atoms with van der Waals surface area (Å²) in [7, 11) is 0. The molecule has 0 heterocycles. The molecule has 19 heavy (non-hydrogen) atoms. The molecule has 1 aliphatic carbocycles. The molecule has 0 aromatic carbocycles. The Kier molecular flexibility index (Phi) is 3.90. The molecule has 5 nitrogen and oxygen atoms in total. The van der Waals surface area contributed by atoms with E-state index in [1.165, 1.54) is 0 Å². The number of nitrogens with one attached hydrogen (secondary N) is 1. The Balaban J connectivity index is 2.94. The Morgan fingerprint density at radius 3 is 2.21 bits per heavy atom. The van der Waals surface area contributed by atoms with Gasteiger partial charge in [-0.2, -0.15) is 0 Å². The average molecular weight is 271 g/mol. The number of esters is 1. The van der Waals surface area contributed by atoms with Crippen LogP contribution in [0.15, 0.2) is 0 Å².